The summed E-state index contributed by atoms with van der Waals surface area (Å²) in [6, 6.07) is 8.47. The van der Waals surface area contributed by atoms with Crippen molar-refractivity contribution in [2.75, 3.05) is 13.1 Å². The molecule has 0 spiro atoms. The average molecular weight is 289 g/mol. The smallest absolute Gasteiger partial charge is 0.124 e. The Hall–Kier alpha value is -1.06. The molecule has 1 aliphatic heterocycles. The van der Waals surface area contributed by atoms with Crippen LogP contribution in [-0.4, -0.2) is 35.3 Å². The van der Waals surface area contributed by atoms with Crippen LogP contribution >= 0.6 is 0 Å². The molecule has 116 valence electrons. The minimum absolute atomic E-state index is 0.111. The van der Waals surface area contributed by atoms with Gasteiger partial charge in [0.15, 0.2) is 0 Å². The number of benzene rings is 1. The molecule has 1 N–H and O–H groups in total. The van der Waals surface area contributed by atoms with E-state index in [1.165, 1.54) is 31.2 Å². The van der Waals surface area contributed by atoms with Crippen LogP contribution in [-0.2, 0) is 6.54 Å². The largest absolute Gasteiger partial charge is 0.490 e. The highest BCUT2D eigenvalue weighted by atomic mass is 16.5. The first-order valence-corrected chi connectivity index (χ1v) is 8.46. The summed E-state index contributed by atoms with van der Waals surface area (Å²) in [4.78, 5) is 2.45. The summed E-state index contributed by atoms with van der Waals surface area (Å²) in [6.07, 6.45) is 8.23. The van der Waals surface area contributed by atoms with Gasteiger partial charge in [0.25, 0.3) is 0 Å². The van der Waals surface area contributed by atoms with E-state index in [2.05, 4.69) is 29.2 Å². The molecule has 1 saturated heterocycles. The fourth-order valence-corrected chi connectivity index (χ4v) is 3.47. The molecular formula is C18H27NO2. The Morgan fingerprint density at radius 3 is 2.67 bits per heavy atom. The molecule has 1 heterocycles. The van der Waals surface area contributed by atoms with Crippen molar-refractivity contribution in [3.8, 4) is 5.75 Å². The van der Waals surface area contributed by atoms with E-state index in [4.69, 9.17) is 4.74 Å². The van der Waals surface area contributed by atoms with Gasteiger partial charge in [-0.25, -0.2) is 0 Å². The molecule has 0 unspecified atom stereocenters. The highest BCUT2D eigenvalue weighted by Gasteiger charge is 2.19. The number of hydrogen-bond donors (Lipinski definition) is 1. The van der Waals surface area contributed by atoms with E-state index >= 15 is 0 Å². The number of para-hydroxylation sites is 1. The quantitative estimate of drug-likeness (QED) is 0.922. The lowest BCUT2D eigenvalue weighted by Gasteiger charge is -2.23. The van der Waals surface area contributed by atoms with Crippen LogP contribution in [0.1, 0.15) is 50.5 Å². The van der Waals surface area contributed by atoms with Crippen molar-refractivity contribution in [3.63, 3.8) is 0 Å². The zero-order chi connectivity index (χ0) is 14.5. The number of likely N-dealkylation sites (tertiary alicyclic amines) is 1. The van der Waals surface area contributed by atoms with Crippen LogP contribution in [0.2, 0.25) is 0 Å². The molecule has 1 aliphatic carbocycles. The molecule has 3 heteroatoms. The zero-order valence-electron chi connectivity index (χ0n) is 12.8. The first-order valence-electron chi connectivity index (χ1n) is 8.46. The van der Waals surface area contributed by atoms with Crippen LogP contribution in [0.25, 0.3) is 0 Å². The van der Waals surface area contributed by atoms with Crippen LogP contribution in [0.5, 0.6) is 5.75 Å². The monoisotopic (exact) mass is 289 g/mol. The number of aliphatic hydroxyl groups excluding tert-OH is 1. The Kier molecular flexibility index (Phi) is 5.15. The lowest BCUT2D eigenvalue weighted by atomic mass is 10.1. The molecule has 0 amide bonds. The molecule has 1 aromatic rings. The van der Waals surface area contributed by atoms with E-state index < -0.39 is 0 Å². The normalized spacial score (nSPS) is 24.9. The van der Waals surface area contributed by atoms with Crippen molar-refractivity contribution < 1.29 is 9.84 Å². The molecule has 1 atom stereocenters. The molecule has 0 bridgehead atoms. The van der Waals surface area contributed by atoms with Crippen LogP contribution in [0.4, 0.5) is 0 Å². The second kappa shape index (κ2) is 7.28. The van der Waals surface area contributed by atoms with E-state index in [9.17, 15) is 5.11 Å². The molecule has 3 rings (SSSR count). The maximum Gasteiger partial charge on any atom is 0.124 e. The van der Waals surface area contributed by atoms with Crippen molar-refractivity contribution in [1.82, 2.24) is 4.90 Å². The predicted octanol–water partition coefficient (Wildman–Crippen LogP) is 3.35. The summed E-state index contributed by atoms with van der Waals surface area (Å²) in [5.74, 6) is 1.06. The molecule has 1 saturated carbocycles. The molecule has 2 fully saturated rings. The van der Waals surface area contributed by atoms with E-state index in [1.54, 1.807) is 0 Å². The third-order valence-electron chi connectivity index (χ3n) is 4.75. The fourth-order valence-electron chi connectivity index (χ4n) is 3.47. The summed E-state index contributed by atoms with van der Waals surface area (Å²) >= 11 is 0. The van der Waals surface area contributed by atoms with E-state index in [-0.39, 0.29) is 6.10 Å². The molecule has 0 radical (unpaired) electrons. The standard InChI is InChI=1S/C18H27NO2/c20-16-7-5-12-19(13-11-16)14-15-6-1-4-10-18(15)21-17-8-2-3-9-17/h1,4,6,10,16-17,20H,2-3,5,7-9,11-14H2/t16-/m1/s1. The summed E-state index contributed by atoms with van der Waals surface area (Å²) < 4.78 is 6.22. The van der Waals surface area contributed by atoms with Gasteiger partial charge in [0.05, 0.1) is 12.2 Å². The summed E-state index contributed by atoms with van der Waals surface area (Å²) in [6.45, 7) is 3.00. The first kappa shape index (κ1) is 14.9. The highest BCUT2D eigenvalue weighted by molar-refractivity contribution is 5.33. The van der Waals surface area contributed by atoms with Crippen LogP contribution in [0.15, 0.2) is 24.3 Å². The second-order valence-electron chi connectivity index (χ2n) is 6.49. The third-order valence-corrected chi connectivity index (χ3v) is 4.75. The van der Waals surface area contributed by atoms with Gasteiger partial charge in [0, 0.05) is 18.7 Å². The molecule has 1 aromatic carbocycles. The van der Waals surface area contributed by atoms with Gasteiger partial charge in [-0.2, -0.15) is 0 Å². The van der Waals surface area contributed by atoms with Crippen LogP contribution < -0.4 is 4.74 Å². The Balaban J connectivity index is 1.63. The number of ether oxygens (including phenoxy) is 1. The number of nitrogens with zero attached hydrogens (tertiary/aromatic N) is 1. The SMILES string of the molecule is O[C@@H]1CCCN(Cc2ccccc2OC2CCCC2)CC1. The van der Waals surface area contributed by atoms with Gasteiger partial charge < -0.3 is 9.84 Å². The Morgan fingerprint density at radius 2 is 1.81 bits per heavy atom. The molecule has 21 heavy (non-hydrogen) atoms. The Labute approximate surface area is 127 Å². The van der Waals surface area contributed by atoms with Crippen molar-refractivity contribution >= 4 is 0 Å². The molecule has 2 aliphatic rings. The van der Waals surface area contributed by atoms with Crippen molar-refractivity contribution in [2.24, 2.45) is 0 Å². The topological polar surface area (TPSA) is 32.7 Å². The van der Waals surface area contributed by atoms with E-state index in [1.807, 2.05) is 0 Å². The fraction of sp³-hybridized carbons (Fsp3) is 0.667. The van der Waals surface area contributed by atoms with Gasteiger partial charge in [-0.05, 0) is 57.6 Å². The highest BCUT2D eigenvalue weighted by Crippen LogP contribution is 2.27. The van der Waals surface area contributed by atoms with Gasteiger partial charge in [-0.1, -0.05) is 18.2 Å². The number of rotatable bonds is 4. The third kappa shape index (κ3) is 4.21. The van der Waals surface area contributed by atoms with Crippen molar-refractivity contribution in [2.45, 2.75) is 63.7 Å². The molecule has 3 nitrogen and oxygen atoms in total. The van der Waals surface area contributed by atoms with E-state index in [0.29, 0.717) is 6.10 Å². The predicted molar refractivity (Wildman–Crippen MR) is 84.5 cm³/mol. The van der Waals surface area contributed by atoms with Gasteiger partial charge in [-0.15, -0.1) is 0 Å². The van der Waals surface area contributed by atoms with Crippen molar-refractivity contribution in [3.05, 3.63) is 29.8 Å². The molecular weight excluding hydrogens is 262 g/mol. The Morgan fingerprint density at radius 1 is 1.00 bits per heavy atom. The molecule has 0 aromatic heterocycles. The average Bonchev–Trinajstić information content (AvgIpc) is 2.91. The lowest BCUT2D eigenvalue weighted by Crippen LogP contribution is -2.25. The minimum Gasteiger partial charge on any atom is -0.490 e. The maximum absolute atomic E-state index is 9.77. The second-order valence-corrected chi connectivity index (χ2v) is 6.49. The van der Waals surface area contributed by atoms with Crippen molar-refractivity contribution in [1.29, 1.82) is 0 Å². The first-order chi connectivity index (χ1) is 10.3. The van der Waals surface area contributed by atoms with Gasteiger partial charge in [0.1, 0.15) is 5.75 Å². The van der Waals surface area contributed by atoms with E-state index in [0.717, 1.165) is 44.6 Å². The summed E-state index contributed by atoms with van der Waals surface area (Å²) in [5, 5.41) is 9.77. The number of hydrogen-bond acceptors (Lipinski definition) is 3. The number of aliphatic hydroxyl groups is 1. The maximum atomic E-state index is 9.77. The van der Waals surface area contributed by atoms with Gasteiger partial charge in [0.2, 0.25) is 0 Å². The van der Waals surface area contributed by atoms with Gasteiger partial charge in [-0.3, -0.25) is 4.90 Å². The summed E-state index contributed by atoms with van der Waals surface area (Å²) in [5.41, 5.74) is 1.29. The lowest BCUT2D eigenvalue weighted by molar-refractivity contribution is 0.154. The van der Waals surface area contributed by atoms with Crippen LogP contribution in [0, 0.1) is 0 Å². The summed E-state index contributed by atoms with van der Waals surface area (Å²) in [7, 11) is 0. The Bertz CT molecular complexity index is 443. The van der Waals surface area contributed by atoms with Crippen LogP contribution in [0.3, 0.4) is 0 Å². The zero-order valence-corrected chi connectivity index (χ0v) is 12.8. The van der Waals surface area contributed by atoms with Gasteiger partial charge >= 0.3 is 0 Å². The minimum atomic E-state index is -0.111.